The van der Waals surface area contributed by atoms with Gasteiger partial charge in [0.2, 0.25) is 0 Å². The van der Waals surface area contributed by atoms with Gasteiger partial charge in [0.25, 0.3) is 0 Å². The van der Waals surface area contributed by atoms with Gasteiger partial charge in [-0.1, -0.05) is 6.92 Å². The Morgan fingerprint density at radius 2 is 1.55 bits per heavy atom. The van der Waals surface area contributed by atoms with Crippen molar-refractivity contribution in [3.8, 4) is 0 Å². The second-order valence-electron chi connectivity index (χ2n) is 8.83. The van der Waals surface area contributed by atoms with Gasteiger partial charge in [-0.3, -0.25) is 9.13 Å². The molecule has 0 bridgehead atoms. The summed E-state index contributed by atoms with van der Waals surface area (Å²) >= 11 is 0. The van der Waals surface area contributed by atoms with E-state index in [-0.39, 0.29) is 22.1 Å². The maximum absolute atomic E-state index is 13.1. The number of aromatic nitrogens is 2. The number of imidazole rings is 1. The van der Waals surface area contributed by atoms with Crippen molar-refractivity contribution >= 4 is 7.85 Å². The van der Waals surface area contributed by atoms with E-state index >= 15 is 0 Å². The summed E-state index contributed by atoms with van der Waals surface area (Å²) < 4.78 is 4.08. The van der Waals surface area contributed by atoms with E-state index < -0.39 is 0 Å². The van der Waals surface area contributed by atoms with Crippen LogP contribution in [0.15, 0.2) is 4.79 Å². The average molecular weight is 276 g/mol. The summed E-state index contributed by atoms with van der Waals surface area (Å²) in [6.07, 6.45) is 3.35. The van der Waals surface area contributed by atoms with E-state index in [0.29, 0.717) is 0 Å². The standard InChI is InChI=1S/C16H29BN2O/c1-14(2,3)18-11-9-8-10-16(7,17)12(11)19(13(18)20)15(4,5)6/h8-10,17H2,1-7H3. The second kappa shape index (κ2) is 4.28. The van der Waals surface area contributed by atoms with Crippen molar-refractivity contribution in [2.45, 2.75) is 84.1 Å². The molecule has 112 valence electrons. The lowest BCUT2D eigenvalue weighted by Crippen LogP contribution is -2.41. The molecule has 1 atom stereocenters. The van der Waals surface area contributed by atoms with E-state index in [2.05, 4.69) is 56.3 Å². The molecule has 1 aliphatic carbocycles. The zero-order valence-electron chi connectivity index (χ0n) is 14.4. The van der Waals surface area contributed by atoms with Gasteiger partial charge in [-0.2, -0.15) is 0 Å². The van der Waals surface area contributed by atoms with E-state index in [0.717, 1.165) is 12.8 Å². The van der Waals surface area contributed by atoms with Crippen LogP contribution in [0.4, 0.5) is 0 Å². The van der Waals surface area contributed by atoms with Crippen LogP contribution in [0.2, 0.25) is 0 Å². The molecule has 1 heterocycles. The fraction of sp³-hybridized carbons (Fsp3) is 0.812. The minimum absolute atomic E-state index is 0.0799. The lowest BCUT2D eigenvalue weighted by molar-refractivity contribution is 0.333. The quantitative estimate of drug-likeness (QED) is 0.668. The third-order valence-corrected chi connectivity index (χ3v) is 4.35. The fourth-order valence-corrected chi connectivity index (χ4v) is 3.60. The number of hydrogen-bond donors (Lipinski definition) is 0. The molecule has 1 aromatic rings. The maximum Gasteiger partial charge on any atom is 0.329 e. The topological polar surface area (TPSA) is 26.9 Å². The molecule has 20 heavy (non-hydrogen) atoms. The summed E-state index contributed by atoms with van der Waals surface area (Å²) in [6.45, 7) is 15.1. The first-order chi connectivity index (χ1) is 8.87. The Morgan fingerprint density at radius 3 is 2.00 bits per heavy atom. The van der Waals surface area contributed by atoms with Crippen molar-refractivity contribution < 1.29 is 0 Å². The van der Waals surface area contributed by atoms with Gasteiger partial charge in [-0.15, -0.1) is 0 Å². The lowest BCUT2D eigenvalue weighted by Gasteiger charge is -2.35. The molecule has 1 aliphatic rings. The third kappa shape index (κ3) is 2.27. The molecule has 2 rings (SSSR count). The molecule has 0 saturated carbocycles. The molecule has 1 unspecified atom stereocenters. The Morgan fingerprint density at radius 1 is 1.05 bits per heavy atom. The van der Waals surface area contributed by atoms with Gasteiger partial charge in [0.05, 0.1) is 0 Å². The average Bonchev–Trinajstić information content (AvgIpc) is 2.49. The molecule has 0 saturated heterocycles. The van der Waals surface area contributed by atoms with E-state index in [1.54, 1.807) is 0 Å². The van der Waals surface area contributed by atoms with Crippen molar-refractivity contribution in [1.29, 1.82) is 0 Å². The largest absolute Gasteiger partial charge is 0.329 e. The van der Waals surface area contributed by atoms with Gasteiger partial charge in [0.15, 0.2) is 0 Å². The Kier molecular flexibility index (Phi) is 3.31. The molecular weight excluding hydrogens is 247 g/mol. The van der Waals surface area contributed by atoms with Crippen LogP contribution in [0.5, 0.6) is 0 Å². The summed E-state index contributed by atoms with van der Waals surface area (Å²) in [6, 6.07) is 0. The van der Waals surface area contributed by atoms with Gasteiger partial charge < -0.3 is 0 Å². The van der Waals surface area contributed by atoms with Crippen molar-refractivity contribution in [3.05, 3.63) is 21.9 Å². The molecule has 0 spiro atoms. The zero-order chi connectivity index (χ0) is 15.5. The molecular formula is C16H29BN2O. The minimum atomic E-state index is -0.174. The first-order valence-electron chi connectivity index (χ1n) is 7.75. The second-order valence-corrected chi connectivity index (χ2v) is 8.83. The Hall–Kier alpha value is -0.925. The molecule has 0 amide bonds. The summed E-state index contributed by atoms with van der Waals surface area (Å²) in [5.41, 5.74) is 2.34. The Bertz CT molecular complexity index is 579. The predicted octanol–water partition coefficient (Wildman–Crippen LogP) is 2.34. The SMILES string of the molecule is BC1(C)CCCc2c1n(C(C)(C)C)c(=O)n2C(C)(C)C. The van der Waals surface area contributed by atoms with Crippen molar-refractivity contribution in [3.63, 3.8) is 0 Å². The fourth-order valence-electron chi connectivity index (χ4n) is 3.60. The van der Waals surface area contributed by atoms with Gasteiger partial charge in [-0.05, 0) is 66.1 Å². The minimum Gasteiger partial charge on any atom is -0.291 e. The van der Waals surface area contributed by atoms with Crippen LogP contribution >= 0.6 is 0 Å². The number of hydrogen-bond acceptors (Lipinski definition) is 1. The van der Waals surface area contributed by atoms with Gasteiger partial charge >= 0.3 is 5.69 Å². The van der Waals surface area contributed by atoms with E-state index in [1.807, 2.05) is 9.13 Å². The Labute approximate surface area is 123 Å². The van der Waals surface area contributed by atoms with E-state index in [9.17, 15) is 4.79 Å². The van der Waals surface area contributed by atoms with Crippen LogP contribution in [0.1, 0.15) is 72.7 Å². The number of rotatable bonds is 0. The highest BCUT2D eigenvalue weighted by Gasteiger charge is 2.39. The highest BCUT2D eigenvalue weighted by molar-refractivity contribution is 6.15. The molecule has 3 nitrogen and oxygen atoms in total. The van der Waals surface area contributed by atoms with Crippen LogP contribution in [0.25, 0.3) is 0 Å². The first kappa shape index (κ1) is 15.5. The van der Waals surface area contributed by atoms with Crippen LogP contribution in [0.3, 0.4) is 0 Å². The molecule has 0 aromatic carbocycles. The van der Waals surface area contributed by atoms with Gasteiger partial charge in [0, 0.05) is 22.5 Å². The van der Waals surface area contributed by atoms with Crippen molar-refractivity contribution in [2.75, 3.05) is 0 Å². The lowest BCUT2D eigenvalue weighted by atomic mass is 9.61. The molecule has 0 aliphatic heterocycles. The van der Waals surface area contributed by atoms with E-state index in [1.165, 1.54) is 17.8 Å². The van der Waals surface area contributed by atoms with Crippen LogP contribution in [-0.4, -0.2) is 17.0 Å². The molecule has 0 fully saturated rings. The third-order valence-electron chi connectivity index (χ3n) is 4.35. The number of fused-ring (bicyclic) bond motifs is 1. The molecule has 0 radical (unpaired) electrons. The number of nitrogens with zero attached hydrogens (tertiary/aromatic N) is 2. The summed E-state index contributed by atoms with van der Waals surface area (Å²) in [7, 11) is 2.28. The summed E-state index contributed by atoms with van der Waals surface area (Å²) in [4.78, 5) is 13.1. The van der Waals surface area contributed by atoms with Gasteiger partial charge in [-0.25, -0.2) is 4.79 Å². The highest BCUT2D eigenvalue weighted by atomic mass is 16.2. The van der Waals surface area contributed by atoms with Crippen LogP contribution in [0, 0.1) is 0 Å². The van der Waals surface area contributed by atoms with Gasteiger partial charge in [0.1, 0.15) is 7.85 Å². The van der Waals surface area contributed by atoms with Crippen molar-refractivity contribution in [1.82, 2.24) is 9.13 Å². The summed E-state index contributed by atoms with van der Waals surface area (Å²) in [5.74, 6) is 0. The maximum atomic E-state index is 13.1. The van der Waals surface area contributed by atoms with E-state index in [4.69, 9.17) is 0 Å². The highest BCUT2D eigenvalue weighted by Crippen LogP contribution is 2.37. The predicted molar refractivity (Wildman–Crippen MR) is 87.5 cm³/mol. The van der Waals surface area contributed by atoms with Crippen molar-refractivity contribution in [2.24, 2.45) is 0 Å². The van der Waals surface area contributed by atoms with Crippen LogP contribution < -0.4 is 5.69 Å². The molecule has 4 heteroatoms. The Balaban J connectivity index is 2.91. The smallest absolute Gasteiger partial charge is 0.291 e. The summed E-state index contributed by atoms with van der Waals surface area (Å²) in [5, 5.41) is 0.0799. The normalized spacial score (nSPS) is 23.8. The first-order valence-corrected chi connectivity index (χ1v) is 7.75. The molecule has 0 N–H and O–H groups in total. The monoisotopic (exact) mass is 276 g/mol. The molecule has 1 aromatic heterocycles. The van der Waals surface area contributed by atoms with Crippen LogP contribution in [-0.2, 0) is 22.8 Å². The zero-order valence-corrected chi connectivity index (χ0v) is 14.4.